The number of rotatable bonds is 6. The average Bonchev–Trinajstić information content (AvgIpc) is 2.09. The van der Waals surface area contributed by atoms with Gasteiger partial charge in [0, 0.05) is 6.42 Å². The van der Waals surface area contributed by atoms with Gasteiger partial charge in [-0.1, -0.05) is 13.8 Å². The van der Waals surface area contributed by atoms with Crippen LogP contribution in [-0.2, 0) is 9.59 Å². The third kappa shape index (κ3) is 6.42. The Balaban J connectivity index is 3.70. The SMILES string of the molecule is CC(C)CCC(=O)N(O)CCC(=O)O. The van der Waals surface area contributed by atoms with Gasteiger partial charge in [-0.15, -0.1) is 0 Å². The molecular weight excluding hydrogens is 186 g/mol. The minimum Gasteiger partial charge on any atom is -0.481 e. The summed E-state index contributed by atoms with van der Waals surface area (Å²) >= 11 is 0. The average molecular weight is 203 g/mol. The fourth-order valence-corrected chi connectivity index (χ4v) is 0.867. The van der Waals surface area contributed by atoms with Gasteiger partial charge in [0.25, 0.3) is 0 Å². The highest BCUT2D eigenvalue weighted by Gasteiger charge is 2.12. The van der Waals surface area contributed by atoms with E-state index in [9.17, 15) is 9.59 Å². The first-order chi connectivity index (χ1) is 6.43. The highest BCUT2D eigenvalue weighted by atomic mass is 16.5. The van der Waals surface area contributed by atoms with E-state index in [1.807, 2.05) is 13.8 Å². The Kier molecular flexibility index (Phi) is 5.87. The van der Waals surface area contributed by atoms with Crippen molar-refractivity contribution in [1.82, 2.24) is 5.06 Å². The van der Waals surface area contributed by atoms with Gasteiger partial charge in [0.1, 0.15) is 0 Å². The molecule has 0 aromatic carbocycles. The number of hydroxylamine groups is 2. The first-order valence-electron chi connectivity index (χ1n) is 4.64. The van der Waals surface area contributed by atoms with Crippen LogP contribution in [0.15, 0.2) is 0 Å². The van der Waals surface area contributed by atoms with Crippen molar-refractivity contribution in [3.63, 3.8) is 0 Å². The number of aliphatic carboxylic acids is 1. The molecule has 5 nitrogen and oxygen atoms in total. The fraction of sp³-hybridized carbons (Fsp3) is 0.778. The standard InChI is InChI=1S/C9H17NO4/c1-7(2)3-4-8(11)10(14)6-5-9(12)13/h7,14H,3-6H2,1-2H3,(H,12,13). The molecule has 0 bridgehead atoms. The largest absolute Gasteiger partial charge is 0.481 e. The van der Waals surface area contributed by atoms with E-state index in [1.54, 1.807) is 0 Å². The maximum Gasteiger partial charge on any atom is 0.305 e. The third-order valence-electron chi connectivity index (χ3n) is 1.76. The first kappa shape index (κ1) is 12.9. The minimum absolute atomic E-state index is 0.147. The lowest BCUT2D eigenvalue weighted by Gasteiger charge is -2.14. The van der Waals surface area contributed by atoms with Crippen LogP contribution < -0.4 is 0 Å². The van der Waals surface area contributed by atoms with Crippen LogP contribution in [0.5, 0.6) is 0 Å². The van der Waals surface area contributed by atoms with Gasteiger partial charge in [-0.25, -0.2) is 5.06 Å². The lowest BCUT2D eigenvalue weighted by atomic mass is 10.1. The quantitative estimate of drug-likeness (QED) is 0.501. The van der Waals surface area contributed by atoms with Crippen LogP contribution in [0.1, 0.15) is 33.1 Å². The van der Waals surface area contributed by atoms with E-state index in [0.29, 0.717) is 17.4 Å². The summed E-state index contributed by atoms with van der Waals surface area (Å²) in [6.07, 6.45) is 0.723. The highest BCUT2D eigenvalue weighted by Crippen LogP contribution is 2.05. The van der Waals surface area contributed by atoms with Crippen molar-refractivity contribution in [2.45, 2.75) is 33.1 Å². The van der Waals surface area contributed by atoms with E-state index < -0.39 is 11.9 Å². The molecule has 0 heterocycles. The summed E-state index contributed by atoms with van der Waals surface area (Å²) in [6.45, 7) is 3.81. The molecule has 0 aliphatic heterocycles. The summed E-state index contributed by atoms with van der Waals surface area (Å²) in [5, 5.41) is 17.9. The second-order valence-electron chi connectivity index (χ2n) is 3.59. The van der Waals surface area contributed by atoms with Gasteiger partial charge in [-0.3, -0.25) is 14.8 Å². The van der Waals surface area contributed by atoms with Gasteiger partial charge < -0.3 is 5.11 Å². The Morgan fingerprint density at radius 1 is 1.29 bits per heavy atom. The Bertz CT molecular complexity index is 203. The Labute approximate surface area is 83.3 Å². The molecule has 0 spiro atoms. The molecule has 0 aliphatic rings. The van der Waals surface area contributed by atoms with E-state index in [0.717, 1.165) is 0 Å². The van der Waals surface area contributed by atoms with Gasteiger partial charge >= 0.3 is 5.97 Å². The number of carbonyl (C=O) groups excluding carboxylic acids is 1. The number of carboxylic acids is 1. The van der Waals surface area contributed by atoms with E-state index in [4.69, 9.17) is 10.3 Å². The number of hydrogen-bond donors (Lipinski definition) is 2. The number of hydrogen-bond acceptors (Lipinski definition) is 3. The molecule has 14 heavy (non-hydrogen) atoms. The smallest absolute Gasteiger partial charge is 0.305 e. The number of nitrogens with zero attached hydrogens (tertiary/aromatic N) is 1. The molecular formula is C9H17NO4. The number of carbonyl (C=O) groups is 2. The lowest BCUT2D eigenvalue weighted by molar-refractivity contribution is -0.167. The molecule has 0 fully saturated rings. The van der Waals surface area contributed by atoms with Crippen molar-refractivity contribution in [2.75, 3.05) is 6.54 Å². The zero-order chi connectivity index (χ0) is 11.1. The Morgan fingerprint density at radius 3 is 2.29 bits per heavy atom. The summed E-state index contributed by atoms with van der Waals surface area (Å²) in [4.78, 5) is 21.3. The molecule has 0 unspecified atom stereocenters. The van der Waals surface area contributed by atoms with Crippen LogP contribution >= 0.6 is 0 Å². The first-order valence-corrected chi connectivity index (χ1v) is 4.64. The summed E-state index contributed by atoms with van der Waals surface area (Å²) in [5.74, 6) is -1.05. The molecule has 82 valence electrons. The maximum atomic E-state index is 11.1. The van der Waals surface area contributed by atoms with Crippen LogP contribution in [0.4, 0.5) is 0 Å². The van der Waals surface area contributed by atoms with E-state index in [1.165, 1.54) is 0 Å². The topological polar surface area (TPSA) is 77.8 Å². The molecule has 0 aliphatic carbocycles. The third-order valence-corrected chi connectivity index (χ3v) is 1.76. The summed E-state index contributed by atoms with van der Waals surface area (Å²) < 4.78 is 0. The van der Waals surface area contributed by atoms with Crippen molar-refractivity contribution in [2.24, 2.45) is 5.92 Å². The lowest BCUT2D eigenvalue weighted by Crippen LogP contribution is -2.29. The van der Waals surface area contributed by atoms with Gasteiger partial charge in [0.05, 0.1) is 13.0 Å². The Morgan fingerprint density at radius 2 is 1.86 bits per heavy atom. The van der Waals surface area contributed by atoms with Crippen LogP contribution in [0.2, 0.25) is 0 Å². The molecule has 0 rings (SSSR count). The Hall–Kier alpha value is -1.10. The molecule has 0 saturated carbocycles. The second kappa shape index (κ2) is 6.37. The van der Waals surface area contributed by atoms with E-state index in [2.05, 4.69) is 0 Å². The minimum atomic E-state index is -1.03. The summed E-state index contributed by atoms with van der Waals surface area (Å²) in [5.41, 5.74) is 0. The summed E-state index contributed by atoms with van der Waals surface area (Å²) in [6, 6.07) is 0. The van der Waals surface area contributed by atoms with Crippen molar-refractivity contribution < 1.29 is 19.9 Å². The zero-order valence-corrected chi connectivity index (χ0v) is 8.56. The predicted molar refractivity (Wildman–Crippen MR) is 49.8 cm³/mol. The van der Waals surface area contributed by atoms with Crippen LogP contribution in [0.25, 0.3) is 0 Å². The van der Waals surface area contributed by atoms with Gasteiger partial charge in [0.2, 0.25) is 5.91 Å². The molecule has 0 aromatic heterocycles. The van der Waals surface area contributed by atoms with Gasteiger partial charge in [-0.05, 0) is 12.3 Å². The maximum absolute atomic E-state index is 11.1. The van der Waals surface area contributed by atoms with Crippen molar-refractivity contribution >= 4 is 11.9 Å². The molecule has 0 radical (unpaired) electrons. The van der Waals surface area contributed by atoms with E-state index in [-0.39, 0.29) is 19.4 Å². The summed E-state index contributed by atoms with van der Waals surface area (Å²) in [7, 11) is 0. The molecule has 1 amide bonds. The van der Waals surface area contributed by atoms with Gasteiger partial charge in [-0.2, -0.15) is 0 Å². The van der Waals surface area contributed by atoms with Crippen LogP contribution in [0.3, 0.4) is 0 Å². The normalized spacial score (nSPS) is 10.3. The second-order valence-corrected chi connectivity index (χ2v) is 3.59. The van der Waals surface area contributed by atoms with Crippen LogP contribution in [-0.4, -0.2) is 33.8 Å². The fourth-order valence-electron chi connectivity index (χ4n) is 0.867. The van der Waals surface area contributed by atoms with Crippen molar-refractivity contribution in [3.8, 4) is 0 Å². The van der Waals surface area contributed by atoms with Gasteiger partial charge in [0.15, 0.2) is 0 Å². The molecule has 2 N–H and O–H groups in total. The van der Waals surface area contributed by atoms with E-state index >= 15 is 0 Å². The van der Waals surface area contributed by atoms with Crippen molar-refractivity contribution in [1.29, 1.82) is 0 Å². The van der Waals surface area contributed by atoms with Crippen molar-refractivity contribution in [3.05, 3.63) is 0 Å². The predicted octanol–water partition coefficient (Wildman–Crippen LogP) is 1.12. The number of carboxylic acid groups (broad SMARTS) is 1. The zero-order valence-electron chi connectivity index (χ0n) is 8.56. The molecule has 0 saturated heterocycles. The monoisotopic (exact) mass is 203 g/mol. The highest BCUT2D eigenvalue weighted by molar-refractivity contribution is 5.75. The van der Waals surface area contributed by atoms with Crippen LogP contribution in [0, 0.1) is 5.92 Å². The number of amides is 1. The molecule has 0 aromatic rings. The molecule has 0 atom stereocenters. The molecule has 5 heteroatoms.